The van der Waals surface area contributed by atoms with E-state index in [0.29, 0.717) is 12.6 Å². The molecule has 0 bridgehead atoms. The molecule has 2 heterocycles. The fourth-order valence-corrected chi connectivity index (χ4v) is 1.86. The first-order chi connectivity index (χ1) is 9.69. The van der Waals surface area contributed by atoms with Crippen molar-refractivity contribution in [3.8, 4) is 6.01 Å². The first kappa shape index (κ1) is 14.5. The van der Waals surface area contributed by atoms with E-state index in [1.165, 1.54) is 5.56 Å². The van der Waals surface area contributed by atoms with Crippen molar-refractivity contribution < 1.29 is 4.74 Å². The van der Waals surface area contributed by atoms with Crippen LogP contribution in [0.25, 0.3) is 0 Å². The zero-order valence-electron chi connectivity index (χ0n) is 11.5. The van der Waals surface area contributed by atoms with Crippen LogP contribution in [0.1, 0.15) is 24.6 Å². The summed E-state index contributed by atoms with van der Waals surface area (Å²) in [6.45, 7) is 5.09. The van der Waals surface area contributed by atoms with Crippen LogP contribution in [0.15, 0.2) is 6.20 Å². The molecule has 7 nitrogen and oxygen atoms in total. The smallest absolute Gasteiger partial charge is 0.322 e. The average Bonchev–Trinajstić information content (AvgIpc) is 2.80. The van der Waals surface area contributed by atoms with Gasteiger partial charge in [-0.25, -0.2) is 0 Å². The second-order valence-corrected chi connectivity index (χ2v) is 4.53. The molecule has 2 rings (SSSR count). The van der Waals surface area contributed by atoms with Gasteiger partial charge in [0.05, 0.1) is 12.8 Å². The van der Waals surface area contributed by atoms with E-state index < -0.39 is 0 Å². The Hall–Kier alpha value is -1.89. The van der Waals surface area contributed by atoms with Gasteiger partial charge in [0.25, 0.3) is 0 Å². The van der Waals surface area contributed by atoms with Gasteiger partial charge in [0, 0.05) is 12.2 Å². The number of hydrogen-bond acceptors (Lipinski definition) is 6. The molecule has 0 unspecified atom stereocenters. The van der Waals surface area contributed by atoms with Crippen LogP contribution < -0.4 is 10.1 Å². The number of halogens is 1. The van der Waals surface area contributed by atoms with Gasteiger partial charge >= 0.3 is 6.01 Å². The number of hydrogen-bond donors (Lipinski definition) is 2. The monoisotopic (exact) mass is 296 g/mol. The second-order valence-electron chi connectivity index (χ2n) is 4.19. The summed E-state index contributed by atoms with van der Waals surface area (Å²) in [6.07, 6.45) is 3.72. The first-order valence-electron chi connectivity index (χ1n) is 6.46. The molecule has 0 aliphatic carbocycles. The standard InChI is InChI=1S/C12H17ClN6O/c1-3-20-12-17-10(13)16-11(18-12)14-6-4-5-9-7-15-19-8(9)2/h7H,3-6H2,1-2H3,(H,15,19)(H,14,16,17,18). The van der Waals surface area contributed by atoms with E-state index in [4.69, 9.17) is 16.3 Å². The quantitative estimate of drug-likeness (QED) is 0.760. The van der Waals surface area contributed by atoms with E-state index in [9.17, 15) is 0 Å². The number of aryl methyl sites for hydroxylation is 2. The Labute approximate surface area is 122 Å². The molecule has 2 aromatic heterocycles. The van der Waals surface area contributed by atoms with Crippen molar-refractivity contribution in [1.29, 1.82) is 0 Å². The first-order valence-corrected chi connectivity index (χ1v) is 6.84. The van der Waals surface area contributed by atoms with Gasteiger partial charge in [-0.15, -0.1) is 0 Å². The van der Waals surface area contributed by atoms with Gasteiger partial charge in [0.1, 0.15) is 0 Å². The summed E-state index contributed by atoms with van der Waals surface area (Å²) in [4.78, 5) is 12.0. The molecule has 108 valence electrons. The molecule has 0 atom stereocenters. The Morgan fingerprint density at radius 3 is 2.90 bits per heavy atom. The van der Waals surface area contributed by atoms with E-state index in [0.717, 1.165) is 25.1 Å². The largest absolute Gasteiger partial charge is 0.464 e. The van der Waals surface area contributed by atoms with Gasteiger partial charge in [0.2, 0.25) is 11.2 Å². The zero-order valence-corrected chi connectivity index (χ0v) is 12.2. The van der Waals surface area contributed by atoms with Crippen LogP contribution in [0.2, 0.25) is 5.28 Å². The number of ether oxygens (including phenoxy) is 1. The molecule has 2 N–H and O–H groups in total. The topological polar surface area (TPSA) is 88.6 Å². The predicted octanol–water partition coefficient (Wildman–Crippen LogP) is 2.00. The summed E-state index contributed by atoms with van der Waals surface area (Å²) in [5, 5.41) is 10.1. The van der Waals surface area contributed by atoms with Crippen molar-refractivity contribution in [3.05, 3.63) is 22.7 Å². The highest BCUT2D eigenvalue weighted by Crippen LogP contribution is 2.11. The van der Waals surface area contributed by atoms with Crippen molar-refractivity contribution in [2.45, 2.75) is 26.7 Å². The minimum absolute atomic E-state index is 0.122. The van der Waals surface area contributed by atoms with Crippen molar-refractivity contribution in [3.63, 3.8) is 0 Å². The Bertz CT molecular complexity index is 559. The number of rotatable bonds is 7. The second kappa shape index (κ2) is 7.04. The van der Waals surface area contributed by atoms with Crippen molar-refractivity contribution in [1.82, 2.24) is 25.1 Å². The number of anilines is 1. The van der Waals surface area contributed by atoms with Crippen molar-refractivity contribution in [2.24, 2.45) is 0 Å². The third kappa shape index (κ3) is 4.06. The summed E-state index contributed by atoms with van der Waals surface area (Å²) in [7, 11) is 0. The highest BCUT2D eigenvalue weighted by molar-refractivity contribution is 6.28. The van der Waals surface area contributed by atoms with E-state index in [2.05, 4.69) is 30.5 Å². The summed E-state index contributed by atoms with van der Waals surface area (Å²) < 4.78 is 5.21. The summed E-state index contributed by atoms with van der Waals surface area (Å²) in [6, 6.07) is 0.237. The van der Waals surface area contributed by atoms with E-state index in [-0.39, 0.29) is 11.3 Å². The van der Waals surface area contributed by atoms with Gasteiger partial charge in [-0.3, -0.25) is 5.10 Å². The molecular weight excluding hydrogens is 280 g/mol. The van der Waals surface area contributed by atoms with E-state index >= 15 is 0 Å². The normalized spacial score (nSPS) is 10.6. The van der Waals surface area contributed by atoms with Crippen LogP contribution in [0.5, 0.6) is 6.01 Å². The fraction of sp³-hybridized carbons (Fsp3) is 0.500. The fourth-order valence-electron chi connectivity index (χ4n) is 1.71. The molecule has 0 amide bonds. The molecule has 0 radical (unpaired) electrons. The van der Waals surface area contributed by atoms with Crippen LogP contribution in [-0.2, 0) is 6.42 Å². The number of nitrogens with one attached hydrogen (secondary N) is 2. The van der Waals surface area contributed by atoms with Crippen LogP contribution >= 0.6 is 11.6 Å². The molecule has 2 aromatic rings. The van der Waals surface area contributed by atoms with Crippen LogP contribution in [0.4, 0.5) is 5.95 Å². The van der Waals surface area contributed by atoms with Gasteiger partial charge in [-0.2, -0.15) is 20.1 Å². The maximum Gasteiger partial charge on any atom is 0.322 e. The third-order valence-corrected chi connectivity index (χ3v) is 2.87. The minimum Gasteiger partial charge on any atom is -0.464 e. The molecule has 0 fully saturated rings. The molecule has 0 aliphatic rings. The SMILES string of the molecule is CCOc1nc(Cl)nc(NCCCc2cn[nH]c2C)n1. The Morgan fingerprint density at radius 2 is 2.20 bits per heavy atom. The Balaban J connectivity index is 1.83. The molecule has 0 saturated heterocycles. The highest BCUT2D eigenvalue weighted by Gasteiger charge is 2.05. The molecular formula is C12H17ClN6O. The van der Waals surface area contributed by atoms with Crippen molar-refractivity contribution >= 4 is 17.5 Å². The molecule has 20 heavy (non-hydrogen) atoms. The molecule has 0 spiro atoms. The lowest BCUT2D eigenvalue weighted by molar-refractivity contribution is 0.312. The van der Waals surface area contributed by atoms with Gasteiger partial charge in [-0.05, 0) is 43.9 Å². The molecule has 0 aromatic carbocycles. The third-order valence-electron chi connectivity index (χ3n) is 2.70. The summed E-state index contributed by atoms with van der Waals surface area (Å²) >= 11 is 5.81. The predicted molar refractivity (Wildman–Crippen MR) is 76.1 cm³/mol. The van der Waals surface area contributed by atoms with Gasteiger partial charge in [0.15, 0.2) is 0 Å². The maximum absolute atomic E-state index is 5.81. The lowest BCUT2D eigenvalue weighted by atomic mass is 10.1. The number of nitrogens with zero attached hydrogens (tertiary/aromatic N) is 4. The van der Waals surface area contributed by atoms with Gasteiger partial charge in [-0.1, -0.05) is 0 Å². The maximum atomic E-state index is 5.81. The Morgan fingerprint density at radius 1 is 1.35 bits per heavy atom. The van der Waals surface area contributed by atoms with Crippen LogP contribution in [0.3, 0.4) is 0 Å². The van der Waals surface area contributed by atoms with Crippen LogP contribution in [0, 0.1) is 6.92 Å². The molecule has 0 aliphatic heterocycles. The molecule has 0 saturated carbocycles. The zero-order chi connectivity index (χ0) is 14.4. The summed E-state index contributed by atoms with van der Waals surface area (Å²) in [5.41, 5.74) is 2.32. The summed E-state index contributed by atoms with van der Waals surface area (Å²) in [5.74, 6) is 0.428. The molecule has 8 heteroatoms. The number of aromatic amines is 1. The van der Waals surface area contributed by atoms with Crippen LogP contribution in [-0.4, -0.2) is 38.3 Å². The Kier molecular flexibility index (Phi) is 5.11. The average molecular weight is 297 g/mol. The van der Waals surface area contributed by atoms with Crippen molar-refractivity contribution in [2.75, 3.05) is 18.5 Å². The highest BCUT2D eigenvalue weighted by atomic mass is 35.5. The van der Waals surface area contributed by atoms with E-state index in [1.807, 2.05) is 20.0 Å². The van der Waals surface area contributed by atoms with E-state index in [1.54, 1.807) is 0 Å². The number of H-pyrrole nitrogens is 1. The van der Waals surface area contributed by atoms with Gasteiger partial charge < -0.3 is 10.1 Å². The lowest BCUT2D eigenvalue weighted by Crippen LogP contribution is -2.09. The number of aromatic nitrogens is 5. The minimum atomic E-state index is 0.122. The lowest BCUT2D eigenvalue weighted by Gasteiger charge is -2.06.